The average Bonchev–Trinajstić information content (AvgIpc) is 3.57. The third-order valence-corrected chi connectivity index (χ3v) is 5.77. The molecule has 1 aromatic carbocycles. The lowest BCUT2D eigenvalue weighted by atomic mass is 10.2. The fraction of sp³-hybridized carbons (Fsp3) is 0.609. The van der Waals surface area contributed by atoms with Crippen LogP contribution in [0.15, 0.2) is 34.1 Å². The van der Waals surface area contributed by atoms with Gasteiger partial charge in [0.1, 0.15) is 11.6 Å². The van der Waals surface area contributed by atoms with E-state index in [4.69, 9.17) is 9.73 Å². The molecule has 176 valence electrons. The van der Waals surface area contributed by atoms with E-state index in [2.05, 4.69) is 28.7 Å². The third kappa shape index (κ3) is 6.73. The number of nitrogens with one attached hydrogen (secondary N) is 2. The van der Waals surface area contributed by atoms with Crippen LogP contribution in [0.25, 0.3) is 0 Å². The molecule has 0 unspecified atom stereocenters. The number of ether oxygens (including phenoxy) is 1. The Morgan fingerprint density at radius 3 is 2.88 bits per heavy atom. The Bertz CT molecular complexity index is 950. The Morgan fingerprint density at radius 1 is 1.25 bits per heavy atom. The summed E-state index contributed by atoms with van der Waals surface area (Å²) in [5.74, 6) is 3.36. The first-order valence-electron chi connectivity index (χ1n) is 11.6. The van der Waals surface area contributed by atoms with Crippen LogP contribution in [0.2, 0.25) is 0 Å². The number of halogens is 1. The second-order valence-corrected chi connectivity index (χ2v) is 8.37. The summed E-state index contributed by atoms with van der Waals surface area (Å²) in [5.41, 5.74) is 1.12. The number of nitrogens with zero attached hydrogens (tertiary/aromatic N) is 4. The molecule has 1 aromatic heterocycles. The Balaban J connectivity index is 0.00000289. The molecule has 0 radical (unpaired) electrons. The smallest absolute Gasteiger partial charge is 0.345 e. The first kappa shape index (κ1) is 24.6. The lowest BCUT2D eigenvalue weighted by Crippen LogP contribution is -2.38. The number of aromatic nitrogens is 3. The Morgan fingerprint density at radius 2 is 2.09 bits per heavy atom. The summed E-state index contributed by atoms with van der Waals surface area (Å²) in [6.45, 7) is 6.34. The van der Waals surface area contributed by atoms with Gasteiger partial charge in [-0.15, -0.1) is 24.0 Å². The lowest BCUT2D eigenvalue weighted by molar-refractivity contribution is 0.297. The van der Waals surface area contributed by atoms with Crippen molar-refractivity contribution >= 4 is 29.9 Å². The Kier molecular flexibility index (Phi) is 9.43. The van der Waals surface area contributed by atoms with Crippen molar-refractivity contribution in [3.8, 4) is 5.75 Å². The van der Waals surface area contributed by atoms with E-state index in [1.165, 1.54) is 12.8 Å². The number of hydrogen-bond donors (Lipinski definition) is 2. The monoisotopic (exact) mass is 554 g/mol. The fourth-order valence-electron chi connectivity index (χ4n) is 3.80. The minimum atomic E-state index is 0. The highest BCUT2D eigenvalue weighted by atomic mass is 127. The number of aliphatic imine (C=N–C) groups is 1. The van der Waals surface area contributed by atoms with Crippen molar-refractivity contribution in [3.63, 3.8) is 0 Å². The van der Waals surface area contributed by atoms with Gasteiger partial charge in [0.2, 0.25) is 0 Å². The second-order valence-electron chi connectivity index (χ2n) is 8.37. The number of hydrogen-bond acceptors (Lipinski definition) is 4. The molecule has 8 nitrogen and oxygen atoms in total. The van der Waals surface area contributed by atoms with Crippen LogP contribution in [0.1, 0.15) is 50.4 Å². The molecule has 2 heterocycles. The summed E-state index contributed by atoms with van der Waals surface area (Å²) in [6, 6.07) is 8.13. The summed E-state index contributed by atoms with van der Waals surface area (Å²) < 4.78 is 9.43. The number of para-hydroxylation sites is 1. The van der Waals surface area contributed by atoms with Gasteiger partial charge in [-0.1, -0.05) is 18.2 Å². The maximum absolute atomic E-state index is 12.4. The van der Waals surface area contributed by atoms with E-state index in [1.807, 2.05) is 22.8 Å². The lowest BCUT2D eigenvalue weighted by Gasteiger charge is -2.13. The zero-order valence-corrected chi connectivity index (χ0v) is 21.2. The van der Waals surface area contributed by atoms with E-state index in [-0.39, 0.29) is 29.7 Å². The van der Waals surface area contributed by atoms with Gasteiger partial charge >= 0.3 is 5.69 Å². The van der Waals surface area contributed by atoms with Crippen LogP contribution < -0.4 is 21.1 Å². The van der Waals surface area contributed by atoms with Gasteiger partial charge < -0.3 is 15.4 Å². The fourth-order valence-corrected chi connectivity index (χ4v) is 3.80. The number of fused-ring (bicyclic) bond motifs is 1. The highest BCUT2D eigenvalue weighted by molar-refractivity contribution is 14.0. The minimum Gasteiger partial charge on any atom is -0.493 e. The zero-order chi connectivity index (χ0) is 21.5. The van der Waals surface area contributed by atoms with E-state index in [9.17, 15) is 4.79 Å². The molecule has 0 spiro atoms. The van der Waals surface area contributed by atoms with Gasteiger partial charge in [0, 0.05) is 38.2 Å². The van der Waals surface area contributed by atoms with E-state index in [0.717, 1.165) is 80.9 Å². The van der Waals surface area contributed by atoms with Crippen LogP contribution in [0.4, 0.5) is 0 Å². The predicted molar refractivity (Wildman–Crippen MR) is 137 cm³/mol. The van der Waals surface area contributed by atoms with Crippen LogP contribution in [0.3, 0.4) is 0 Å². The van der Waals surface area contributed by atoms with Crippen molar-refractivity contribution in [2.75, 3.05) is 19.7 Å². The molecule has 1 aliphatic carbocycles. The summed E-state index contributed by atoms with van der Waals surface area (Å²) in [7, 11) is 0. The molecular weight excluding hydrogens is 519 g/mol. The van der Waals surface area contributed by atoms with E-state index in [0.29, 0.717) is 13.1 Å². The average molecular weight is 554 g/mol. The van der Waals surface area contributed by atoms with Gasteiger partial charge in [-0.3, -0.25) is 4.57 Å². The van der Waals surface area contributed by atoms with Crippen molar-refractivity contribution in [2.24, 2.45) is 10.9 Å². The highest BCUT2D eigenvalue weighted by Gasteiger charge is 2.22. The molecule has 2 aliphatic rings. The largest absolute Gasteiger partial charge is 0.493 e. The van der Waals surface area contributed by atoms with Gasteiger partial charge in [-0.05, 0) is 51.0 Å². The van der Waals surface area contributed by atoms with Gasteiger partial charge in [0.25, 0.3) is 0 Å². The van der Waals surface area contributed by atoms with Crippen molar-refractivity contribution in [3.05, 3.63) is 46.1 Å². The molecule has 32 heavy (non-hydrogen) atoms. The van der Waals surface area contributed by atoms with Gasteiger partial charge in [0.05, 0.1) is 13.2 Å². The van der Waals surface area contributed by atoms with Gasteiger partial charge in [-0.2, -0.15) is 5.10 Å². The topological polar surface area (TPSA) is 85.5 Å². The minimum absolute atomic E-state index is 0. The molecule has 0 saturated heterocycles. The normalized spacial score (nSPS) is 15.6. The summed E-state index contributed by atoms with van der Waals surface area (Å²) in [6.07, 6.45) is 6.46. The Labute approximate surface area is 206 Å². The number of rotatable bonds is 10. The zero-order valence-electron chi connectivity index (χ0n) is 18.9. The van der Waals surface area contributed by atoms with Crippen LogP contribution in [-0.4, -0.2) is 40.0 Å². The van der Waals surface area contributed by atoms with Gasteiger partial charge in [0.15, 0.2) is 5.96 Å². The highest BCUT2D eigenvalue weighted by Crippen LogP contribution is 2.30. The van der Waals surface area contributed by atoms with Crippen LogP contribution in [0, 0.1) is 5.92 Å². The number of guanidine groups is 1. The number of benzene rings is 1. The maximum atomic E-state index is 12.4. The maximum Gasteiger partial charge on any atom is 0.345 e. The van der Waals surface area contributed by atoms with E-state index in [1.54, 1.807) is 4.68 Å². The second kappa shape index (κ2) is 12.3. The molecule has 0 bridgehead atoms. The summed E-state index contributed by atoms with van der Waals surface area (Å²) in [4.78, 5) is 17.2. The third-order valence-electron chi connectivity index (χ3n) is 5.77. The molecule has 1 fully saturated rings. The molecule has 0 atom stereocenters. The van der Waals surface area contributed by atoms with Crippen molar-refractivity contribution in [1.82, 2.24) is 25.0 Å². The predicted octanol–water partition coefficient (Wildman–Crippen LogP) is 2.93. The first-order chi connectivity index (χ1) is 15.2. The van der Waals surface area contributed by atoms with Crippen molar-refractivity contribution in [1.29, 1.82) is 0 Å². The van der Waals surface area contributed by atoms with Crippen LogP contribution >= 0.6 is 24.0 Å². The first-order valence-corrected chi connectivity index (χ1v) is 11.6. The standard InChI is InChI=1S/C23H34N6O2.HI/c1-2-24-22(26-16-19-8-3-4-9-20(19)31-17-18-11-12-18)25-13-7-15-29-23(30)28-14-6-5-10-21(28)27-29;/h3-4,8-9,18H,2,5-7,10-17H2,1H3,(H2,24,25,26);1H. The molecule has 1 saturated carbocycles. The Hall–Kier alpha value is -2.04. The molecule has 2 aromatic rings. The molecule has 1 aliphatic heterocycles. The quantitative estimate of drug-likeness (QED) is 0.204. The van der Waals surface area contributed by atoms with Crippen molar-refractivity contribution in [2.45, 2.75) is 65.1 Å². The van der Waals surface area contributed by atoms with Crippen LogP contribution in [-0.2, 0) is 26.1 Å². The van der Waals surface area contributed by atoms with Crippen LogP contribution in [0.5, 0.6) is 5.75 Å². The van der Waals surface area contributed by atoms with Crippen molar-refractivity contribution < 1.29 is 4.74 Å². The van der Waals surface area contributed by atoms with E-state index >= 15 is 0 Å². The molecule has 0 amide bonds. The molecular formula is C23H35IN6O2. The SMILES string of the molecule is CCNC(=NCc1ccccc1OCC1CC1)NCCCn1nc2n(c1=O)CCCC2.I. The molecule has 4 rings (SSSR count). The molecule has 9 heteroatoms. The summed E-state index contributed by atoms with van der Waals surface area (Å²) in [5, 5.41) is 11.2. The molecule has 2 N–H and O–H groups in total. The number of aryl methyl sites for hydroxylation is 2. The summed E-state index contributed by atoms with van der Waals surface area (Å²) >= 11 is 0. The van der Waals surface area contributed by atoms with Gasteiger partial charge in [-0.25, -0.2) is 14.5 Å². The van der Waals surface area contributed by atoms with E-state index < -0.39 is 0 Å².